The molecule has 0 radical (unpaired) electrons. The lowest BCUT2D eigenvalue weighted by molar-refractivity contribution is 0.0797. The lowest BCUT2D eigenvalue weighted by Crippen LogP contribution is -2.50. The first kappa shape index (κ1) is 10.4. The van der Waals surface area contributed by atoms with Crippen LogP contribution in [0, 0.1) is 5.92 Å². The van der Waals surface area contributed by atoms with Crippen molar-refractivity contribution in [2.45, 2.75) is 38.6 Å². The van der Waals surface area contributed by atoms with Crippen molar-refractivity contribution in [3.63, 3.8) is 0 Å². The Hall–Kier alpha value is -0.0800. The van der Waals surface area contributed by atoms with Gasteiger partial charge in [0.2, 0.25) is 0 Å². The van der Waals surface area contributed by atoms with E-state index in [2.05, 4.69) is 23.8 Å². The Morgan fingerprint density at radius 2 is 1.71 bits per heavy atom. The van der Waals surface area contributed by atoms with Crippen LogP contribution in [0.2, 0.25) is 0 Å². The largest absolute Gasteiger partial charge is 0.304 e. The molecule has 2 atom stereocenters. The Balaban J connectivity index is 1.82. The third-order valence-corrected chi connectivity index (χ3v) is 3.96. The summed E-state index contributed by atoms with van der Waals surface area (Å²) in [5, 5.41) is 0. The van der Waals surface area contributed by atoms with Gasteiger partial charge in [0.25, 0.3) is 0 Å². The topological polar surface area (TPSA) is 6.48 Å². The molecular formula is C12H24N2. The summed E-state index contributed by atoms with van der Waals surface area (Å²) < 4.78 is 0. The quantitative estimate of drug-likeness (QED) is 0.631. The van der Waals surface area contributed by atoms with Gasteiger partial charge in [0.15, 0.2) is 0 Å². The predicted molar refractivity (Wildman–Crippen MR) is 60.5 cm³/mol. The van der Waals surface area contributed by atoms with Gasteiger partial charge in [0, 0.05) is 32.2 Å². The van der Waals surface area contributed by atoms with Crippen molar-refractivity contribution in [1.29, 1.82) is 0 Å². The number of piperazine rings is 1. The maximum absolute atomic E-state index is 2.73. The molecule has 82 valence electrons. The van der Waals surface area contributed by atoms with Gasteiger partial charge in [-0.25, -0.2) is 0 Å². The molecule has 1 heterocycles. The van der Waals surface area contributed by atoms with Crippen molar-refractivity contribution in [3.05, 3.63) is 0 Å². The summed E-state index contributed by atoms with van der Waals surface area (Å²) in [5.41, 5.74) is 0. The van der Waals surface area contributed by atoms with Gasteiger partial charge in [-0.05, 0) is 25.8 Å². The standard InChI is InChI=1S/C12H24N2/c1-11-4-3-5-12(10-11)14-8-6-13(2)7-9-14/h11-12H,3-10H2,1-2H3/t11-,12+/m0/s1. The lowest BCUT2D eigenvalue weighted by Gasteiger charge is -2.41. The van der Waals surface area contributed by atoms with Gasteiger partial charge < -0.3 is 4.90 Å². The molecule has 14 heavy (non-hydrogen) atoms. The normalized spacial score (nSPS) is 37.3. The maximum Gasteiger partial charge on any atom is 0.0113 e. The minimum absolute atomic E-state index is 0.910. The van der Waals surface area contributed by atoms with Crippen LogP contribution in [0.25, 0.3) is 0 Å². The summed E-state index contributed by atoms with van der Waals surface area (Å²) in [4.78, 5) is 5.18. The molecule has 1 aliphatic heterocycles. The zero-order valence-electron chi connectivity index (χ0n) is 9.71. The van der Waals surface area contributed by atoms with Gasteiger partial charge in [-0.3, -0.25) is 4.90 Å². The van der Waals surface area contributed by atoms with E-state index in [0.29, 0.717) is 0 Å². The molecule has 0 N–H and O–H groups in total. The molecule has 1 aliphatic carbocycles. The molecule has 2 nitrogen and oxygen atoms in total. The first-order valence-corrected chi connectivity index (χ1v) is 6.18. The monoisotopic (exact) mass is 196 g/mol. The van der Waals surface area contributed by atoms with E-state index < -0.39 is 0 Å². The maximum atomic E-state index is 2.73. The van der Waals surface area contributed by atoms with Gasteiger partial charge in [0.05, 0.1) is 0 Å². The van der Waals surface area contributed by atoms with Gasteiger partial charge in [-0.1, -0.05) is 19.8 Å². The molecule has 1 saturated heterocycles. The van der Waals surface area contributed by atoms with E-state index in [4.69, 9.17) is 0 Å². The van der Waals surface area contributed by atoms with Crippen LogP contribution < -0.4 is 0 Å². The number of rotatable bonds is 1. The Bertz CT molecular complexity index is 173. The van der Waals surface area contributed by atoms with E-state index in [9.17, 15) is 0 Å². The molecule has 2 fully saturated rings. The second-order valence-electron chi connectivity index (χ2n) is 5.26. The summed E-state index contributed by atoms with van der Waals surface area (Å²) in [7, 11) is 2.24. The van der Waals surface area contributed by atoms with E-state index in [1.54, 1.807) is 0 Å². The van der Waals surface area contributed by atoms with Crippen LogP contribution in [0.1, 0.15) is 32.6 Å². The number of hydrogen-bond acceptors (Lipinski definition) is 2. The number of likely N-dealkylation sites (N-methyl/N-ethyl adjacent to an activating group) is 1. The molecule has 0 unspecified atom stereocenters. The fourth-order valence-electron chi connectivity index (χ4n) is 2.92. The summed E-state index contributed by atoms with van der Waals surface area (Å²) in [6.45, 7) is 7.56. The van der Waals surface area contributed by atoms with Crippen molar-refractivity contribution in [2.75, 3.05) is 33.2 Å². The number of hydrogen-bond donors (Lipinski definition) is 0. The van der Waals surface area contributed by atoms with Crippen molar-refractivity contribution in [3.8, 4) is 0 Å². The van der Waals surface area contributed by atoms with Crippen LogP contribution in [0.15, 0.2) is 0 Å². The zero-order chi connectivity index (χ0) is 9.97. The van der Waals surface area contributed by atoms with Crippen molar-refractivity contribution in [1.82, 2.24) is 9.80 Å². The van der Waals surface area contributed by atoms with Gasteiger partial charge in [0.1, 0.15) is 0 Å². The molecular weight excluding hydrogens is 172 g/mol. The first-order valence-electron chi connectivity index (χ1n) is 6.18. The minimum atomic E-state index is 0.910. The summed E-state index contributed by atoms with van der Waals surface area (Å²) in [6.07, 6.45) is 5.82. The van der Waals surface area contributed by atoms with E-state index >= 15 is 0 Å². The van der Waals surface area contributed by atoms with E-state index in [1.165, 1.54) is 51.9 Å². The smallest absolute Gasteiger partial charge is 0.0113 e. The number of nitrogens with zero attached hydrogens (tertiary/aromatic N) is 2. The second-order valence-corrected chi connectivity index (χ2v) is 5.26. The Kier molecular flexibility index (Phi) is 3.45. The third-order valence-electron chi connectivity index (χ3n) is 3.96. The van der Waals surface area contributed by atoms with Crippen molar-refractivity contribution in [2.24, 2.45) is 5.92 Å². The molecule has 2 aliphatic rings. The average molecular weight is 196 g/mol. The van der Waals surface area contributed by atoms with Crippen LogP contribution in [0.5, 0.6) is 0 Å². The van der Waals surface area contributed by atoms with Crippen LogP contribution in [0.4, 0.5) is 0 Å². The highest BCUT2D eigenvalue weighted by Crippen LogP contribution is 2.27. The highest BCUT2D eigenvalue weighted by molar-refractivity contribution is 4.81. The first-order chi connectivity index (χ1) is 6.75. The van der Waals surface area contributed by atoms with Gasteiger partial charge >= 0.3 is 0 Å². The fourth-order valence-corrected chi connectivity index (χ4v) is 2.92. The van der Waals surface area contributed by atoms with E-state index in [1.807, 2.05) is 0 Å². The molecule has 0 spiro atoms. The Morgan fingerprint density at radius 1 is 1.00 bits per heavy atom. The molecule has 0 aromatic heterocycles. The molecule has 1 saturated carbocycles. The molecule has 0 bridgehead atoms. The lowest BCUT2D eigenvalue weighted by atomic mass is 9.86. The fraction of sp³-hybridized carbons (Fsp3) is 1.00. The van der Waals surface area contributed by atoms with Crippen molar-refractivity contribution >= 4 is 0 Å². The summed E-state index contributed by atoms with van der Waals surface area (Å²) >= 11 is 0. The molecule has 0 amide bonds. The molecule has 2 heteroatoms. The van der Waals surface area contributed by atoms with E-state index in [0.717, 1.165) is 12.0 Å². The minimum Gasteiger partial charge on any atom is -0.304 e. The third kappa shape index (κ3) is 2.48. The average Bonchev–Trinajstić information content (AvgIpc) is 2.19. The second kappa shape index (κ2) is 4.63. The predicted octanol–water partition coefficient (Wildman–Crippen LogP) is 1.81. The zero-order valence-corrected chi connectivity index (χ0v) is 9.71. The summed E-state index contributed by atoms with van der Waals surface area (Å²) in [6, 6.07) is 0.910. The molecule has 0 aromatic carbocycles. The van der Waals surface area contributed by atoms with Gasteiger partial charge in [-0.2, -0.15) is 0 Å². The van der Waals surface area contributed by atoms with Crippen LogP contribution >= 0.6 is 0 Å². The van der Waals surface area contributed by atoms with Crippen LogP contribution in [-0.2, 0) is 0 Å². The summed E-state index contributed by atoms with van der Waals surface area (Å²) in [5.74, 6) is 0.966. The Morgan fingerprint density at radius 3 is 2.36 bits per heavy atom. The van der Waals surface area contributed by atoms with Gasteiger partial charge in [-0.15, -0.1) is 0 Å². The highest BCUT2D eigenvalue weighted by atomic mass is 15.3. The highest BCUT2D eigenvalue weighted by Gasteiger charge is 2.26. The molecule has 2 rings (SSSR count). The SMILES string of the molecule is C[C@H]1CCC[C@@H](N2CCN(C)CC2)C1. The van der Waals surface area contributed by atoms with Crippen LogP contribution in [0.3, 0.4) is 0 Å². The van der Waals surface area contributed by atoms with Crippen LogP contribution in [-0.4, -0.2) is 49.1 Å². The van der Waals surface area contributed by atoms with E-state index in [-0.39, 0.29) is 0 Å². The van der Waals surface area contributed by atoms with Crippen molar-refractivity contribution < 1.29 is 0 Å². The molecule has 0 aromatic rings. The Labute approximate surface area is 88.3 Å².